The zero-order chi connectivity index (χ0) is 11.1. The van der Waals surface area contributed by atoms with Crippen molar-refractivity contribution in [3.8, 4) is 11.8 Å². The number of aliphatic hydroxyl groups excluding tert-OH is 1. The molecule has 0 bridgehead atoms. The van der Waals surface area contributed by atoms with Crippen LogP contribution in [-0.2, 0) is 4.79 Å². The molecule has 3 heteroatoms. The molecular weight excluding hydrogens is 190 g/mol. The van der Waals surface area contributed by atoms with E-state index in [0.717, 1.165) is 5.56 Å². The molecule has 1 aromatic carbocycles. The summed E-state index contributed by atoms with van der Waals surface area (Å²) < 4.78 is 0. The lowest BCUT2D eigenvalue weighted by molar-refractivity contribution is -0.116. The number of carbonyl (C=O) groups is 1. The van der Waals surface area contributed by atoms with E-state index in [9.17, 15) is 4.79 Å². The van der Waals surface area contributed by atoms with Gasteiger partial charge in [-0.25, -0.2) is 0 Å². The Morgan fingerprint density at radius 3 is 2.73 bits per heavy atom. The van der Waals surface area contributed by atoms with Crippen LogP contribution in [0.15, 0.2) is 30.3 Å². The molecule has 0 fully saturated rings. The van der Waals surface area contributed by atoms with Gasteiger partial charge in [-0.1, -0.05) is 24.1 Å². The maximum absolute atomic E-state index is 11.1. The summed E-state index contributed by atoms with van der Waals surface area (Å²) in [5.41, 5.74) is 0.796. The monoisotopic (exact) mass is 203 g/mol. The van der Waals surface area contributed by atoms with E-state index in [4.69, 9.17) is 5.11 Å². The van der Waals surface area contributed by atoms with Gasteiger partial charge in [-0.2, -0.15) is 0 Å². The Labute approximate surface area is 89.1 Å². The maximum atomic E-state index is 11.1. The lowest BCUT2D eigenvalue weighted by Crippen LogP contribution is -2.29. The fourth-order valence-corrected chi connectivity index (χ4v) is 0.935. The normalized spacial score (nSPS) is 11.1. The summed E-state index contributed by atoms with van der Waals surface area (Å²) >= 11 is 0. The van der Waals surface area contributed by atoms with Crippen LogP contribution < -0.4 is 5.32 Å². The molecule has 78 valence electrons. The van der Waals surface area contributed by atoms with Crippen LogP contribution in [0.3, 0.4) is 0 Å². The van der Waals surface area contributed by atoms with Gasteiger partial charge in [0.15, 0.2) is 0 Å². The van der Waals surface area contributed by atoms with Crippen molar-refractivity contribution in [1.82, 2.24) is 5.32 Å². The molecule has 1 atom stereocenters. The number of hydrogen-bond donors (Lipinski definition) is 2. The van der Waals surface area contributed by atoms with Crippen LogP contribution in [0.1, 0.15) is 12.5 Å². The second-order valence-corrected chi connectivity index (χ2v) is 3.18. The van der Waals surface area contributed by atoms with E-state index >= 15 is 0 Å². The number of benzene rings is 1. The Hall–Kier alpha value is -1.79. The molecule has 0 aliphatic carbocycles. The lowest BCUT2D eigenvalue weighted by Gasteiger charge is -2.01. The van der Waals surface area contributed by atoms with Crippen molar-refractivity contribution < 1.29 is 9.90 Å². The van der Waals surface area contributed by atoms with E-state index < -0.39 is 6.10 Å². The summed E-state index contributed by atoms with van der Waals surface area (Å²) in [4.78, 5) is 11.1. The Morgan fingerprint density at radius 1 is 1.47 bits per heavy atom. The number of rotatable bonds is 2. The van der Waals surface area contributed by atoms with Crippen LogP contribution in [0, 0.1) is 11.8 Å². The first kappa shape index (κ1) is 11.3. The van der Waals surface area contributed by atoms with E-state index in [0.29, 0.717) is 0 Å². The molecule has 0 aliphatic rings. The van der Waals surface area contributed by atoms with Crippen LogP contribution in [0.5, 0.6) is 0 Å². The van der Waals surface area contributed by atoms with E-state index in [1.165, 1.54) is 0 Å². The Bertz CT molecular complexity index is 374. The average Bonchev–Trinajstić information content (AvgIpc) is 2.25. The van der Waals surface area contributed by atoms with Crippen LogP contribution in [0.25, 0.3) is 0 Å². The van der Waals surface area contributed by atoms with Gasteiger partial charge >= 0.3 is 0 Å². The number of carbonyl (C=O) groups excluding carboxylic acids is 1. The molecule has 0 unspecified atom stereocenters. The summed E-state index contributed by atoms with van der Waals surface area (Å²) in [5, 5.41) is 11.4. The molecule has 0 heterocycles. The molecular formula is C12H13NO2. The lowest BCUT2D eigenvalue weighted by atomic mass is 10.2. The first-order valence-corrected chi connectivity index (χ1v) is 4.71. The summed E-state index contributed by atoms with van der Waals surface area (Å²) in [6.07, 6.45) is -0.549. The fourth-order valence-electron chi connectivity index (χ4n) is 0.935. The molecule has 15 heavy (non-hydrogen) atoms. The molecule has 0 aliphatic heterocycles. The van der Waals surface area contributed by atoms with Gasteiger partial charge in [0.05, 0.1) is 6.10 Å². The second-order valence-electron chi connectivity index (χ2n) is 3.18. The minimum absolute atomic E-state index is 0.225. The summed E-state index contributed by atoms with van der Waals surface area (Å²) in [5.74, 6) is 4.79. The van der Waals surface area contributed by atoms with Crippen molar-refractivity contribution in [2.45, 2.75) is 13.0 Å². The highest BCUT2D eigenvalue weighted by molar-refractivity contribution is 5.94. The molecule has 0 spiro atoms. The van der Waals surface area contributed by atoms with Gasteiger partial charge in [-0.15, -0.1) is 0 Å². The molecule has 0 saturated carbocycles. The van der Waals surface area contributed by atoms with Gasteiger partial charge in [0, 0.05) is 18.0 Å². The van der Waals surface area contributed by atoms with Crippen molar-refractivity contribution in [2.24, 2.45) is 0 Å². The third-order valence-electron chi connectivity index (χ3n) is 1.65. The quantitative estimate of drug-likeness (QED) is 0.689. The van der Waals surface area contributed by atoms with Crippen molar-refractivity contribution in [1.29, 1.82) is 0 Å². The summed E-state index contributed by atoms with van der Waals surface area (Å²) in [6.45, 7) is 1.83. The minimum Gasteiger partial charge on any atom is -0.392 e. The Balaban J connectivity index is 2.48. The van der Waals surface area contributed by atoms with E-state index in [-0.39, 0.29) is 12.5 Å². The first-order valence-electron chi connectivity index (χ1n) is 4.71. The maximum Gasteiger partial charge on any atom is 0.296 e. The SMILES string of the molecule is C[C@H](O)CNC(=O)C#Cc1ccccc1. The molecule has 0 aromatic heterocycles. The molecule has 0 saturated heterocycles. The Morgan fingerprint density at radius 2 is 2.13 bits per heavy atom. The minimum atomic E-state index is -0.549. The molecule has 2 N–H and O–H groups in total. The topological polar surface area (TPSA) is 49.3 Å². The second kappa shape index (κ2) is 5.84. The largest absolute Gasteiger partial charge is 0.392 e. The Kier molecular flexibility index (Phi) is 4.39. The van der Waals surface area contributed by atoms with Crippen LogP contribution in [-0.4, -0.2) is 23.7 Å². The highest BCUT2D eigenvalue weighted by Gasteiger charge is 1.97. The molecule has 0 radical (unpaired) electrons. The standard InChI is InChI=1S/C12H13NO2/c1-10(14)9-13-12(15)8-7-11-5-3-2-4-6-11/h2-6,10,14H,9H2,1H3,(H,13,15)/t10-/m0/s1. The third-order valence-corrected chi connectivity index (χ3v) is 1.65. The molecule has 3 nitrogen and oxygen atoms in total. The van der Waals surface area contributed by atoms with Gasteiger partial charge in [0.25, 0.3) is 5.91 Å². The van der Waals surface area contributed by atoms with Gasteiger partial charge in [-0.05, 0) is 19.1 Å². The number of amides is 1. The van der Waals surface area contributed by atoms with Gasteiger partial charge in [0.1, 0.15) is 0 Å². The fraction of sp³-hybridized carbons (Fsp3) is 0.250. The smallest absolute Gasteiger partial charge is 0.296 e. The van der Waals surface area contributed by atoms with Crippen molar-refractivity contribution in [2.75, 3.05) is 6.54 Å². The molecule has 1 aromatic rings. The predicted molar refractivity (Wildman–Crippen MR) is 58.0 cm³/mol. The zero-order valence-corrected chi connectivity index (χ0v) is 8.53. The molecule has 1 rings (SSSR count). The van der Waals surface area contributed by atoms with Crippen molar-refractivity contribution in [3.05, 3.63) is 35.9 Å². The van der Waals surface area contributed by atoms with E-state index in [2.05, 4.69) is 17.2 Å². The number of nitrogens with one attached hydrogen (secondary N) is 1. The highest BCUT2D eigenvalue weighted by Crippen LogP contribution is 1.94. The third kappa shape index (κ3) is 4.84. The first-order chi connectivity index (χ1) is 7.18. The zero-order valence-electron chi connectivity index (χ0n) is 8.53. The molecule has 1 amide bonds. The van der Waals surface area contributed by atoms with E-state index in [1.54, 1.807) is 6.92 Å². The number of aliphatic hydroxyl groups is 1. The van der Waals surface area contributed by atoms with Crippen LogP contribution in [0.4, 0.5) is 0 Å². The number of hydrogen-bond acceptors (Lipinski definition) is 2. The van der Waals surface area contributed by atoms with Gasteiger partial charge < -0.3 is 10.4 Å². The van der Waals surface area contributed by atoms with Gasteiger partial charge in [-0.3, -0.25) is 4.79 Å². The summed E-state index contributed by atoms with van der Waals surface area (Å²) in [6, 6.07) is 9.26. The predicted octanol–water partition coefficient (Wildman–Crippen LogP) is 0.535. The van der Waals surface area contributed by atoms with Gasteiger partial charge in [0.2, 0.25) is 0 Å². The van der Waals surface area contributed by atoms with Crippen LogP contribution in [0.2, 0.25) is 0 Å². The highest BCUT2D eigenvalue weighted by atomic mass is 16.3. The van der Waals surface area contributed by atoms with Crippen molar-refractivity contribution in [3.63, 3.8) is 0 Å². The average molecular weight is 203 g/mol. The van der Waals surface area contributed by atoms with E-state index in [1.807, 2.05) is 30.3 Å². The summed E-state index contributed by atoms with van der Waals surface area (Å²) in [7, 11) is 0. The van der Waals surface area contributed by atoms with Crippen LogP contribution >= 0.6 is 0 Å². The van der Waals surface area contributed by atoms with Crippen molar-refractivity contribution >= 4 is 5.91 Å².